The van der Waals surface area contributed by atoms with Crippen molar-refractivity contribution >= 4 is 16.1 Å². The molecule has 1 heterocycles. The van der Waals surface area contributed by atoms with E-state index in [1.54, 1.807) is 16.6 Å². The molecule has 1 amide bonds. The second-order valence-corrected chi connectivity index (χ2v) is 11.6. The maximum atomic E-state index is 13.0. The number of ether oxygens (including phenoxy) is 1. The highest BCUT2D eigenvalue weighted by atomic mass is 32.2. The summed E-state index contributed by atoms with van der Waals surface area (Å²) in [5.74, 6) is 1.62. The standard InChI is InChI=1S/C25H48N6O4S/c1-6-30(7-2)18-13-19-36(33,34)28-22(17-16-21-14-11-10-12-15-21)24-26-23(29(5)27-24)20-35-25(32)31(8-3)9-4/h21-22,28H,6-20H2,1-5H3/t22-/m1/s1. The smallest absolute Gasteiger partial charge is 0.410 e. The Balaban J connectivity index is 2.09. The van der Waals surface area contributed by atoms with E-state index in [1.807, 2.05) is 13.8 Å². The van der Waals surface area contributed by atoms with E-state index in [1.165, 1.54) is 32.1 Å². The Morgan fingerprint density at radius 3 is 2.39 bits per heavy atom. The summed E-state index contributed by atoms with van der Waals surface area (Å²) in [4.78, 5) is 20.7. The maximum absolute atomic E-state index is 13.0. The average molecular weight is 529 g/mol. The summed E-state index contributed by atoms with van der Waals surface area (Å²) in [7, 11) is -1.76. The van der Waals surface area contributed by atoms with Gasteiger partial charge in [-0.1, -0.05) is 46.0 Å². The number of aromatic nitrogens is 3. The molecule has 1 aliphatic rings. The van der Waals surface area contributed by atoms with Gasteiger partial charge in [-0.2, -0.15) is 5.10 Å². The van der Waals surface area contributed by atoms with E-state index < -0.39 is 22.2 Å². The number of aryl methyl sites for hydroxylation is 1. The minimum absolute atomic E-state index is 0.00913. The number of carbonyl (C=O) groups excluding carboxylic acids is 1. The van der Waals surface area contributed by atoms with Crippen molar-refractivity contribution in [3.8, 4) is 0 Å². The van der Waals surface area contributed by atoms with Gasteiger partial charge in [0.1, 0.15) is 0 Å². The predicted molar refractivity (Wildman–Crippen MR) is 142 cm³/mol. The maximum Gasteiger partial charge on any atom is 0.410 e. The summed E-state index contributed by atoms with van der Waals surface area (Å²) in [6, 6.07) is -0.496. The van der Waals surface area contributed by atoms with Crippen molar-refractivity contribution in [1.29, 1.82) is 0 Å². The van der Waals surface area contributed by atoms with Crippen LogP contribution in [-0.2, 0) is 28.4 Å². The lowest BCUT2D eigenvalue weighted by atomic mass is 9.85. The second kappa shape index (κ2) is 15.5. The van der Waals surface area contributed by atoms with E-state index in [-0.39, 0.29) is 12.4 Å². The van der Waals surface area contributed by atoms with Gasteiger partial charge in [-0.05, 0) is 58.7 Å². The highest BCUT2D eigenvalue weighted by molar-refractivity contribution is 7.89. The molecule has 0 unspecified atom stereocenters. The van der Waals surface area contributed by atoms with Crippen LogP contribution < -0.4 is 4.72 Å². The summed E-state index contributed by atoms with van der Waals surface area (Å²) in [6.45, 7) is 11.7. The summed E-state index contributed by atoms with van der Waals surface area (Å²) in [6.07, 6.45) is 7.96. The van der Waals surface area contributed by atoms with Crippen LogP contribution in [0.5, 0.6) is 0 Å². The molecule has 10 nitrogen and oxygen atoms in total. The van der Waals surface area contributed by atoms with Crippen molar-refractivity contribution in [2.45, 2.75) is 91.7 Å². The molecule has 0 saturated heterocycles. The van der Waals surface area contributed by atoms with Gasteiger partial charge in [0, 0.05) is 20.1 Å². The lowest BCUT2D eigenvalue weighted by Gasteiger charge is -2.24. The topological polar surface area (TPSA) is 110 Å². The number of rotatable bonds is 16. The van der Waals surface area contributed by atoms with Gasteiger partial charge >= 0.3 is 6.09 Å². The molecule has 0 bridgehead atoms. The molecule has 1 aromatic rings. The largest absolute Gasteiger partial charge is 0.441 e. The van der Waals surface area contributed by atoms with Crippen LogP contribution >= 0.6 is 0 Å². The third-order valence-corrected chi connectivity index (χ3v) is 8.69. The second-order valence-electron chi connectivity index (χ2n) is 9.69. The first-order valence-corrected chi connectivity index (χ1v) is 15.4. The average Bonchev–Trinajstić information content (AvgIpc) is 3.24. The van der Waals surface area contributed by atoms with Gasteiger partial charge in [0.05, 0.1) is 11.8 Å². The Morgan fingerprint density at radius 1 is 1.11 bits per heavy atom. The van der Waals surface area contributed by atoms with E-state index in [0.29, 0.717) is 43.5 Å². The van der Waals surface area contributed by atoms with Gasteiger partial charge in [0.2, 0.25) is 10.0 Å². The number of nitrogens with one attached hydrogen (secondary N) is 1. The molecular weight excluding hydrogens is 480 g/mol. The molecular formula is C25H48N6O4S. The van der Waals surface area contributed by atoms with Crippen molar-refractivity contribution in [3.63, 3.8) is 0 Å². The molecule has 0 spiro atoms. The number of carbonyl (C=O) groups is 1. The van der Waals surface area contributed by atoms with Gasteiger partial charge in [0.15, 0.2) is 18.3 Å². The van der Waals surface area contributed by atoms with Crippen molar-refractivity contribution in [2.24, 2.45) is 13.0 Å². The number of amides is 1. The molecule has 208 valence electrons. The predicted octanol–water partition coefficient (Wildman–Crippen LogP) is 3.85. The van der Waals surface area contributed by atoms with Crippen molar-refractivity contribution in [3.05, 3.63) is 11.6 Å². The van der Waals surface area contributed by atoms with E-state index in [0.717, 1.165) is 26.1 Å². The molecule has 0 aromatic carbocycles. The Hall–Kier alpha value is -1.72. The van der Waals surface area contributed by atoms with E-state index in [9.17, 15) is 13.2 Å². The highest BCUT2D eigenvalue weighted by Gasteiger charge is 2.26. The Labute approximate surface area is 218 Å². The number of sulfonamides is 1. The van der Waals surface area contributed by atoms with Crippen molar-refractivity contribution in [1.82, 2.24) is 29.3 Å². The van der Waals surface area contributed by atoms with Crippen LogP contribution in [0.2, 0.25) is 0 Å². The molecule has 36 heavy (non-hydrogen) atoms. The van der Waals surface area contributed by atoms with E-state index in [4.69, 9.17) is 4.74 Å². The summed E-state index contributed by atoms with van der Waals surface area (Å²) < 4.78 is 35.9. The zero-order chi connectivity index (χ0) is 26.6. The molecule has 1 aromatic heterocycles. The highest BCUT2D eigenvalue weighted by Crippen LogP contribution is 2.30. The molecule has 1 saturated carbocycles. The fourth-order valence-corrected chi connectivity index (χ4v) is 6.11. The summed E-state index contributed by atoms with van der Waals surface area (Å²) in [5, 5.41) is 4.52. The summed E-state index contributed by atoms with van der Waals surface area (Å²) in [5.41, 5.74) is 0. The molecule has 11 heteroatoms. The number of nitrogens with zero attached hydrogens (tertiary/aromatic N) is 5. The van der Waals surface area contributed by atoms with Gasteiger partial charge < -0.3 is 14.5 Å². The molecule has 1 aliphatic carbocycles. The first-order chi connectivity index (χ1) is 17.2. The van der Waals surface area contributed by atoms with Crippen LogP contribution in [-0.4, -0.2) is 77.6 Å². The third-order valence-electron chi connectivity index (χ3n) is 7.22. The lowest BCUT2D eigenvalue weighted by molar-refractivity contribution is 0.0965. The minimum Gasteiger partial charge on any atom is -0.441 e. The molecule has 2 rings (SSSR count). The molecule has 1 atom stereocenters. The Kier molecular flexibility index (Phi) is 13.1. The summed E-state index contributed by atoms with van der Waals surface area (Å²) >= 11 is 0. The van der Waals surface area contributed by atoms with Crippen LogP contribution in [0.3, 0.4) is 0 Å². The van der Waals surface area contributed by atoms with Crippen LogP contribution in [0.1, 0.15) is 96.8 Å². The quantitative estimate of drug-likeness (QED) is 0.347. The van der Waals surface area contributed by atoms with Gasteiger partial charge in [-0.3, -0.25) is 0 Å². The molecule has 1 N–H and O–H groups in total. The van der Waals surface area contributed by atoms with Crippen LogP contribution in [0, 0.1) is 5.92 Å². The first-order valence-electron chi connectivity index (χ1n) is 13.8. The van der Waals surface area contributed by atoms with Gasteiger partial charge in [-0.15, -0.1) is 0 Å². The lowest BCUT2D eigenvalue weighted by Crippen LogP contribution is -2.33. The molecule has 0 radical (unpaired) electrons. The number of hydrogen-bond acceptors (Lipinski definition) is 7. The monoisotopic (exact) mass is 528 g/mol. The fraction of sp³-hybridized carbons (Fsp3) is 0.880. The zero-order valence-electron chi connectivity index (χ0n) is 23.0. The Morgan fingerprint density at radius 2 is 1.78 bits per heavy atom. The van der Waals surface area contributed by atoms with E-state index in [2.05, 4.69) is 33.6 Å². The van der Waals surface area contributed by atoms with Crippen molar-refractivity contribution < 1.29 is 17.9 Å². The molecule has 0 aliphatic heterocycles. The third kappa shape index (κ3) is 9.97. The minimum atomic E-state index is -3.50. The van der Waals surface area contributed by atoms with E-state index >= 15 is 0 Å². The van der Waals surface area contributed by atoms with Crippen LogP contribution in [0.25, 0.3) is 0 Å². The van der Waals surface area contributed by atoms with Crippen LogP contribution in [0.4, 0.5) is 4.79 Å². The van der Waals surface area contributed by atoms with Crippen LogP contribution in [0.15, 0.2) is 0 Å². The fourth-order valence-electron chi connectivity index (χ4n) is 4.82. The van der Waals surface area contributed by atoms with Gasteiger partial charge in [-0.25, -0.2) is 27.6 Å². The number of hydrogen-bond donors (Lipinski definition) is 1. The van der Waals surface area contributed by atoms with Crippen molar-refractivity contribution in [2.75, 3.05) is 38.5 Å². The molecule has 1 fully saturated rings. The normalized spacial score (nSPS) is 15.8. The SMILES string of the molecule is CCN(CC)CCCS(=O)(=O)N[C@H](CCC1CCCCC1)c1nc(COC(=O)N(CC)CC)n(C)n1. The Bertz CT molecular complexity index is 877. The first kappa shape index (κ1) is 30.5. The zero-order valence-corrected chi connectivity index (χ0v) is 23.9. The van der Waals surface area contributed by atoms with Gasteiger partial charge in [0.25, 0.3) is 0 Å².